The molecular weight excluding hydrogens is 685 g/mol. The van der Waals surface area contributed by atoms with Gasteiger partial charge in [0.15, 0.2) is 10.8 Å². The predicted octanol–water partition coefficient (Wildman–Crippen LogP) is 5.00. The summed E-state index contributed by atoms with van der Waals surface area (Å²) in [6.45, 7) is 4.74. The summed E-state index contributed by atoms with van der Waals surface area (Å²) in [5, 5.41) is 15.6. The molecular formula is C34H33BrFN7O3S. The molecule has 7 rings (SSSR count). The van der Waals surface area contributed by atoms with Crippen LogP contribution in [0.25, 0.3) is 0 Å². The van der Waals surface area contributed by atoms with E-state index >= 15 is 0 Å². The molecule has 2 atom stereocenters. The Morgan fingerprint density at radius 1 is 1.21 bits per heavy atom. The van der Waals surface area contributed by atoms with Crippen molar-refractivity contribution >= 4 is 50.8 Å². The van der Waals surface area contributed by atoms with Crippen LogP contribution in [0, 0.1) is 17.1 Å². The van der Waals surface area contributed by atoms with Crippen molar-refractivity contribution in [2.24, 2.45) is 4.99 Å². The number of benzene rings is 2. The molecule has 0 radical (unpaired) electrons. The standard InChI is InChI=1S/C34H33BrFN7O3S/c1-2-46-32(44)29-27(15-21-3-6-23(36)16-26(21)35)39-30(31-38-11-14-47-31)40-28(29)19-41-12-13-42-25(17-41)18-43(33(42)45)24-7-4-22(5-8-24)34(20-37)9-10-34/h3-8,11,14,16,25,27H,2,9-10,12-13,15,17-19H2,1H3,(H,39,40)/t25-,27-/m0/s1. The van der Waals surface area contributed by atoms with Crippen LogP contribution in [0.1, 0.15) is 35.9 Å². The number of anilines is 1. The third kappa shape index (κ3) is 6.17. The van der Waals surface area contributed by atoms with Gasteiger partial charge in [-0.25, -0.2) is 19.0 Å². The molecule has 3 aromatic rings. The molecule has 1 aliphatic carbocycles. The minimum absolute atomic E-state index is 0.0193. The van der Waals surface area contributed by atoms with Gasteiger partial charge in [0.1, 0.15) is 5.82 Å². The van der Waals surface area contributed by atoms with Crippen LogP contribution in [0.5, 0.6) is 0 Å². The van der Waals surface area contributed by atoms with Crippen LogP contribution in [0.2, 0.25) is 0 Å². The molecule has 13 heteroatoms. The van der Waals surface area contributed by atoms with Crippen molar-refractivity contribution in [1.29, 1.82) is 5.26 Å². The van der Waals surface area contributed by atoms with Gasteiger partial charge in [0.05, 0.1) is 35.7 Å². The predicted molar refractivity (Wildman–Crippen MR) is 180 cm³/mol. The Morgan fingerprint density at radius 2 is 2.02 bits per heavy atom. The number of ether oxygens (including phenoxy) is 1. The number of thiazole rings is 1. The van der Waals surface area contributed by atoms with E-state index < -0.39 is 12.0 Å². The molecule has 2 aromatic carbocycles. The van der Waals surface area contributed by atoms with E-state index in [0.717, 1.165) is 29.7 Å². The number of amidine groups is 1. The highest BCUT2D eigenvalue weighted by Gasteiger charge is 2.45. The number of rotatable bonds is 9. The molecule has 1 N–H and O–H groups in total. The van der Waals surface area contributed by atoms with Gasteiger partial charge in [-0.2, -0.15) is 5.26 Å². The van der Waals surface area contributed by atoms with Gasteiger partial charge in [0.25, 0.3) is 0 Å². The van der Waals surface area contributed by atoms with E-state index in [1.54, 1.807) is 19.2 Å². The number of hydrogen-bond donors (Lipinski definition) is 1. The van der Waals surface area contributed by atoms with Crippen molar-refractivity contribution in [3.05, 3.63) is 91.7 Å². The van der Waals surface area contributed by atoms with Crippen molar-refractivity contribution < 1.29 is 18.7 Å². The maximum absolute atomic E-state index is 13.9. The summed E-state index contributed by atoms with van der Waals surface area (Å²) in [5.41, 5.74) is 3.40. The van der Waals surface area contributed by atoms with E-state index in [9.17, 15) is 19.2 Å². The molecule has 2 amide bonds. The molecule has 1 saturated carbocycles. The van der Waals surface area contributed by atoms with E-state index in [-0.39, 0.29) is 29.9 Å². The Kier molecular flexibility index (Phi) is 8.59. The molecule has 3 aliphatic heterocycles. The van der Waals surface area contributed by atoms with Crippen molar-refractivity contribution in [2.75, 3.05) is 44.2 Å². The van der Waals surface area contributed by atoms with Crippen LogP contribution >= 0.6 is 27.3 Å². The highest BCUT2D eigenvalue weighted by molar-refractivity contribution is 9.10. The molecule has 0 bridgehead atoms. The fourth-order valence-electron chi connectivity index (χ4n) is 6.65. The van der Waals surface area contributed by atoms with E-state index in [0.29, 0.717) is 65.7 Å². The lowest BCUT2D eigenvalue weighted by molar-refractivity contribution is -0.138. The maximum Gasteiger partial charge on any atom is 0.338 e. The lowest BCUT2D eigenvalue weighted by atomic mass is 9.95. The van der Waals surface area contributed by atoms with Gasteiger partial charge in [-0.3, -0.25) is 14.8 Å². The number of hydrogen-bond acceptors (Lipinski definition) is 9. The zero-order valence-corrected chi connectivity index (χ0v) is 28.2. The monoisotopic (exact) mass is 717 g/mol. The normalized spacial score (nSPS) is 22.0. The zero-order chi connectivity index (χ0) is 32.7. The Balaban J connectivity index is 1.13. The number of halogens is 2. The van der Waals surface area contributed by atoms with E-state index in [2.05, 4.69) is 37.2 Å². The minimum Gasteiger partial charge on any atom is -0.463 e. The second kappa shape index (κ2) is 12.8. The number of urea groups is 1. The highest BCUT2D eigenvalue weighted by Crippen LogP contribution is 2.47. The molecule has 10 nitrogen and oxygen atoms in total. The summed E-state index contributed by atoms with van der Waals surface area (Å²) < 4.78 is 20.1. The van der Waals surface area contributed by atoms with Crippen molar-refractivity contribution in [1.82, 2.24) is 20.1 Å². The summed E-state index contributed by atoms with van der Waals surface area (Å²) >= 11 is 4.92. The smallest absolute Gasteiger partial charge is 0.338 e. The first-order valence-electron chi connectivity index (χ1n) is 15.7. The average Bonchev–Trinajstić information content (AvgIpc) is 3.53. The highest BCUT2D eigenvalue weighted by atomic mass is 79.9. The number of aliphatic imine (C=N–C) groups is 1. The maximum atomic E-state index is 13.9. The van der Waals surface area contributed by atoms with Crippen LogP contribution in [0.4, 0.5) is 14.9 Å². The summed E-state index contributed by atoms with van der Waals surface area (Å²) in [4.78, 5) is 42.4. The molecule has 0 unspecified atom stereocenters. The number of esters is 1. The van der Waals surface area contributed by atoms with E-state index in [4.69, 9.17) is 9.73 Å². The fourth-order valence-corrected chi connectivity index (χ4v) is 7.75. The van der Waals surface area contributed by atoms with Gasteiger partial charge < -0.3 is 15.0 Å². The second-order valence-corrected chi connectivity index (χ2v) is 14.0. The number of carbonyl (C=O) groups excluding carboxylic acids is 2. The second-order valence-electron chi connectivity index (χ2n) is 12.2. The van der Waals surface area contributed by atoms with Crippen LogP contribution in [0.15, 0.2) is 74.8 Å². The van der Waals surface area contributed by atoms with Gasteiger partial charge in [-0.1, -0.05) is 34.1 Å². The Morgan fingerprint density at radius 3 is 2.70 bits per heavy atom. The lowest BCUT2D eigenvalue weighted by Gasteiger charge is -2.38. The van der Waals surface area contributed by atoms with Crippen LogP contribution in [-0.4, -0.2) is 84.0 Å². The van der Waals surface area contributed by atoms with E-state index in [1.165, 1.54) is 23.5 Å². The summed E-state index contributed by atoms with van der Waals surface area (Å²) in [5.74, 6) is -0.237. The van der Waals surface area contributed by atoms with Gasteiger partial charge in [-0.15, -0.1) is 11.3 Å². The van der Waals surface area contributed by atoms with Gasteiger partial charge in [0, 0.05) is 66.6 Å². The first-order valence-corrected chi connectivity index (χ1v) is 17.4. The quantitative estimate of drug-likeness (QED) is 0.310. The molecule has 0 spiro atoms. The van der Waals surface area contributed by atoms with Crippen LogP contribution in [-0.2, 0) is 21.4 Å². The summed E-state index contributed by atoms with van der Waals surface area (Å²) in [6, 6.07) is 14.2. The van der Waals surface area contributed by atoms with Crippen molar-refractivity contribution in [3.63, 3.8) is 0 Å². The van der Waals surface area contributed by atoms with Gasteiger partial charge >= 0.3 is 12.0 Å². The molecule has 242 valence electrons. The minimum atomic E-state index is -0.588. The number of nitrogens with one attached hydrogen (secondary N) is 1. The van der Waals surface area contributed by atoms with Gasteiger partial charge in [0.2, 0.25) is 0 Å². The summed E-state index contributed by atoms with van der Waals surface area (Å²) in [7, 11) is 0. The van der Waals surface area contributed by atoms with Crippen molar-refractivity contribution in [3.8, 4) is 6.07 Å². The fraction of sp³-hybridized carbons (Fsp3) is 0.382. The number of aromatic nitrogens is 1. The molecule has 2 saturated heterocycles. The first-order chi connectivity index (χ1) is 22.8. The van der Waals surface area contributed by atoms with Crippen LogP contribution in [0.3, 0.4) is 0 Å². The third-order valence-electron chi connectivity index (χ3n) is 9.29. The Hall–Kier alpha value is -4.12. The Bertz CT molecular complexity index is 1800. The largest absolute Gasteiger partial charge is 0.463 e. The van der Waals surface area contributed by atoms with E-state index in [1.807, 2.05) is 39.4 Å². The van der Waals surface area contributed by atoms with Crippen molar-refractivity contribution in [2.45, 2.75) is 43.7 Å². The summed E-state index contributed by atoms with van der Waals surface area (Å²) in [6.07, 6.45) is 3.82. The third-order valence-corrected chi connectivity index (χ3v) is 10.8. The average molecular weight is 719 g/mol. The number of nitrogens with zero attached hydrogens (tertiary/aromatic N) is 6. The number of nitriles is 1. The molecule has 4 heterocycles. The molecule has 4 aliphatic rings. The number of amides is 2. The van der Waals surface area contributed by atoms with Crippen LogP contribution < -0.4 is 10.2 Å². The number of piperazine rings is 1. The molecule has 47 heavy (non-hydrogen) atoms. The molecule has 1 aromatic heterocycles. The number of carbonyl (C=O) groups is 2. The van der Waals surface area contributed by atoms with Gasteiger partial charge in [-0.05, 0) is 55.2 Å². The topological polar surface area (TPSA) is 114 Å². The zero-order valence-electron chi connectivity index (χ0n) is 25.8. The number of fused-ring (bicyclic) bond motifs is 1. The first kappa shape index (κ1) is 31.5. The molecule has 3 fully saturated rings. The lowest BCUT2D eigenvalue weighted by Crippen LogP contribution is -2.53. The Labute approximate surface area is 284 Å². The SMILES string of the molecule is CCOC(=O)C1=C(CN2CCN3C(=O)N(c4ccc(C5(C#N)CC5)cc4)C[C@@H]3C2)NC(c2nccs2)=N[C@H]1Cc1ccc(F)cc1Br.